The average molecular weight is 295 g/mol. The first-order valence-corrected chi connectivity index (χ1v) is 7.78. The van der Waals surface area contributed by atoms with Crippen molar-refractivity contribution in [2.75, 3.05) is 20.3 Å². The van der Waals surface area contributed by atoms with Gasteiger partial charge in [-0.15, -0.1) is 0 Å². The highest BCUT2D eigenvalue weighted by Crippen LogP contribution is 2.17. The van der Waals surface area contributed by atoms with Gasteiger partial charge in [-0.3, -0.25) is 0 Å². The third kappa shape index (κ3) is 6.36. The summed E-state index contributed by atoms with van der Waals surface area (Å²) in [5, 5.41) is 13.4. The van der Waals surface area contributed by atoms with E-state index in [1.807, 2.05) is 24.3 Å². The van der Waals surface area contributed by atoms with Crippen LogP contribution in [0.3, 0.4) is 0 Å². The Morgan fingerprint density at radius 1 is 1.10 bits per heavy atom. The van der Waals surface area contributed by atoms with E-state index in [2.05, 4.69) is 26.1 Å². The molecular weight excluding hydrogens is 266 g/mol. The summed E-state index contributed by atoms with van der Waals surface area (Å²) in [5.41, 5.74) is 0. The normalized spacial score (nSPS) is 14.0. The van der Waals surface area contributed by atoms with Crippen molar-refractivity contribution in [3.63, 3.8) is 0 Å². The van der Waals surface area contributed by atoms with E-state index < -0.39 is 6.10 Å². The second-order valence-electron chi connectivity index (χ2n) is 5.41. The van der Waals surface area contributed by atoms with E-state index in [9.17, 15) is 5.11 Å². The van der Waals surface area contributed by atoms with Crippen molar-refractivity contribution in [2.45, 2.75) is 45.8 Å². The highest BCUT2D eigenvalue weighted by molar-refractivity contribution is 5.31. The van der Waals surface area contributed by atoms with Crippen LogP contribution in [0, 0.1) is 5.92 Å². The zero-order valence-electron chi connectivity index (χ0n) is 13.6. The summed E-state index contributed by atoms with van der Waals surface area (Å²) in [6.45, 7) is 7.42. The molecule has 4 nitrogen and oxygen atoms in total. The number of methoxy groups -OCH3 is 1. The zero-order chi connectivity index (χ0) is 15.7. The van der Waals surface area contributed by atoms with Crippen LogP contribution in [0.2, 0.25) is 0 Å². The second-order valence-corrected chi connectivity index (χ2v) is 5.41. The van der Waals surface area contributed by atoms with Crippen molar-refractivity contribution in [3.8, 4) is 11.5 Å². The van der Waals surface area contributed by atoms with Crippen LogP contribution >= 0.6 is 0 Å². The minimum atomic E-state index is -0.510. The van der Waals surface area contributed by atoms with Gasteiger partial charge < -0.3 is 19.9 Å². The summed E-state index contributed by atoms with van der Waals surface area (Å²) in [5.74, 6) is 2.19. The minimum absolute atomic E-state index is 0.287. The Kier molecular flexibility index (Phi) is 8.16. The molecule has 0 aromatic heterocycles. The molecule has 2 unspecified atom stereocenters. The molecule has 0 heterocycles. The van der Waals surface area contributed by atoms with Crippen LogP contribution < -0.4 is 14.8 Å². The fourth-order valence-electron chi connectivity index (χ4n) is 2.41. The lowest BCUT2D eigenvalue weighted by molar-refractivity contribution is 0.101. The van der Waals surface area contributed by atoms with Gasteiger partial charge in [-0.1, -0.05) is 26.7 Å². The molecule has 21 heavy (non-hydrogen) atoms. The van der Waals surface area contributed by atoms with E-state index in [1.54, 1.807) is 7.11 Å². The van der Waals surface area contributed by atoms with Crippen molar-refractivity contribution in [1.29, 1.82) is 0 Å². The molecule has 0 amide bonds. The summed E-state index contributed by atoms with van der Waals surface area (Å²) < 4.78 is 10.7. The Bertz CT molecular complexity index is 376. The van der Waals surface area contributed by atoms with E-state index in [0.717, 1.165) is 24.3 Å². The SMILES string of the molecule is CCC(CC)C(C)NCC(O)COc1ccc(OC)cc1. The van der Waals surface area contributed by atoms with E-state index in [0.29, 0.717) is 18.5 Å². The van der Waals surface area contributed by atoms with Crippen molar-refractivity contribution < 1.29 is 14.6 Å². The summed E-state index contributed by atoms with van der Waals surface area (Å²) >= 11 is 0. The number of nitrogens with one attached hydrogen (secondary N) is 1. The third-order valence-electron chi connectivity index (χ3n) is 3.93. The predicted molar refractivity (Wildman–Crippen MR) is 86.0 cm³/mol. The van der Waals surface area contributed by atoms with Crippen LogP contribution in [0.4, 0.5) is 0 Å². The van der Waals surface area contributed by atoms with E-state index in [-0.39, 0.29) is 6.61 Å². The molecule has 0 saturated carbocycles. The quantitative estimate of drug-likeness (QED) is 0.697. The van der Waals surface area contributed by atoms with Crippen LogP contribution in [0.15, 0.2) is 24.3 Å². The first-order chi connectivity index (χ1) is 10.1. The number of aliphatic hydroxyl groups is 1. The molecular formula is C17H29NO3. The zero-order valence-corrected chi connectivity index (χ0v) is 13.6. The minimum Gasteiger partial charge on any atom is -0.497 e. The van der Waals surface area contributed by atoms with E-state index in [4.69, 9.17) is 9.47 Å². The lowest BCUT2D eigenvalue weighted by atomic mass is 9.95. The highest BCUT2D eigenvalue weighted by Gasteiger charge is 2.14. The standard InChI is InChI=1S/C17H29NO3/c1-5-14(6-2)13(3)18-11-15(19)12-21-17-9-7-16(20-4)8-10-17/h7-10,13-15,18-19H,5-6,11-12H2,1-4H3. The molecule has 0 spiro atoms. The Labute approximate surface area is 128 Å². The number of hydrogen-bond acceptors (Lipinski definition) is 4. The van der Waals surface area contributed by atoms with E-state index >= 15 is 0 Å². The van der Waals surface area contributed by atoms with Crippen molar-refractivity contribution in [3.05, 3.63) is 24.3 Å². The molecule has 0 aliphatic carbocycles. The maximum atomic E-state index is 9.98. The molecule has 2 N–H and O–H groups in total. The Morgan fingerprint density at radius 3 is 2.19 bits per heavy atom. The molecule has 0 saturated heterocycles. The van der Waals surface area contributed by atoms with Gasteiger partial charge >= 0.3 is 0 Å². The van der Waals surface area contributed by atoms with Gasteiger partial charge in [0.1, 0.15) is 24.2 Å². The van der Waals surface area contributed by atoms with Gasteiger partial charge in [0, 0.05) is 12.6 Å². The van der Waals surface area contributed by atoms with Crippen molar-refractivity contribution in [1.82, 2.24) is 5.32 Å². The Morgan fingerprint density at radius 2 is 1.67 bits per heavy atom. The van der Waals surface area contributed by atoms with Crippen LogP contribution in [-0.2, 0) is 0 Å². The molecule has 4 heteroatoms. The fraction of sp³-hybridized carbons (Fsp3) is 0.647. The molecule has 1 rings (SSSR count). The Balaban J connectivity index is 2.28. The maximum absolute atomic E-state index is 9.98. The molecule has 2 atom stereocenters. The maximum Gasteiger partial charge on any atom is 0.119 e. The number of rotatable bonds is 10. The van der Waals surface area contributed by atoms with Gasteiger partial charge in [0.15, 0.2) is 0 Å². The van der Waals surface area contributed by atoms with Crippen LogP contribution in [0.5, 0.6) is 11.5 Å². The van der Waals surface area contributed by atoms with Gasteiger partial charge in [0.05, 0.1) is 7.11 Å². The van der Waals surface area contributed by atoms with Gasteiger partial charge in [-0.05, 0) is 37.1 Å². The molecule has 0 aliphatic heterocycles. The molecule has 0 aliphatic rings. The van der Waals surface area contributed by atoms with Gasteiger partial charge in [0.25, 0.3) is 0 Å². The van der Waals surface area contributed by atoms with Gasteiger partial charge in [-0.2, -0.15) is 0 Å². The molecule has 0 fully saturated rings. The van der Waals surface area contributed by atoms with Crippen LogP contribution in [0.25, 0.3) is 0 Å². The van der Waals surface area contributed by atoms with Crippen LogP contribution in [0.1, 0.15) is 33.6 Å². The summed E-state index contributed by atoms with van der Waals surface area (Å²) in [4.78, 5) is 0. The Hall–Kier alpha value is -1.26. The number of benzene rings is 1. The topological polar surface area (TPSA) is 50.7 Å². The van der Waals surface area contributed by atoms with Crippen molar-refractivity contribution >= 4 is 0 Å². The summed E-state index contributed by atoms with van der Waals surface area (Å²) in [7, 11) is 1.63. The highest BCUT2D eigenvalue weighted by atomic mass is 16.5. The first kappa shape index (κ1) is 17.8. The number of aliphatic hydroxyl groups excluding tert-OH is 1. The number of hydrogen-bond donors (Lipinski definition) is 2. The van der Waals surface area contributed by atoms with E-state index in [1.165, 1.54) is 0 Å². The molecule has 0 bridgehead atoms. The molecule has 1 aromatic rings. The van der Waals surface area contributed by atoms with Gasteiger partial charge in [-0.25, -0.2) is 0 Å². The monoisotopic (exact) mass is 295 g/mol. The first-order valence-electron chi connectivity index (χ1n) is 7.78. The summed E-state index contributed by atoms with van der Waals surface area (Å²) in [6.07, 6.45) is 1.80. The lowest BCUT2D eigenvalue weighted by Gasteiger charge is -2.24. The lowest BCUT2D eigenvalue weighted by Crippen LogP contribution is -2.40. The third-order valence-corrected chi connectivity index (χ3v) is 3.93. The number of ether oxygens (including phenoxy) is 2. The van der Waals surface area contributed by atoms with Crippen molar-refractivity contribution in [2.24, 2.45) is 5.92 Å². The largest absolute Gasteiger partial charge is 0.497 e. The molecule has 1 aromatic carbocycles. The predicted octanol–water partition coefficient (Wildman–Crippen LogP) is 2.85. The second kappa shape index (κ2) is 9.64. The van der Waals surface area contributed by atoms with Gasteiger partial charge in [0.2, 0.25) is 0 Å². The fourth-order valence-corrected chi connectivity index (χ4v) is 2.41. The van der Waals surface area contributed by atoms with Crippen LogP contribution in [-0.4, -0.2) is 37.5 Å². The molecule has 120 valence electrons. The average Bonchev–Trinajstić information content (AvgIpc) is 2.52. The summed E-state index contributed by atoms with van der Waals surface area (Å²) in [6, 6.07) is 7.78. The molecule has 0 radical (unpaired) electrons. The smallest absolute Gasteiger partial charge is 0.119 e.